The fourth-order valence-electron chi connectivity index (χ4n) is 1.29. The Bertz CT molecular complexity index is 568. The van der Waals surface area contributed by atoms with Crippen LogP contribution in [0.3, 0.4) is 0 Å². The summed E-state index contributed by atoms with van der Waals surface area (Å²) >= 11 is 0. The molecular formula is C12H12FN3O3. The lowest BCUT2D eigenvalue weighted by Crippen LogP contribution is -2.31. The fourth-order valence-corrected chi connectivity index (χ4v) is 1.29. The van der Waals surface area contributed by atoms with E-state index in [1.807, 2.05) is 6.07 Å². The third-order valence-electron chi connectivity index (χ3n) is 2.86. The predicted molar refractivity (Wildman–Crippen MR) is 65.7 cm³/mol. The molecule has 0 aromatic heterocycles. The largest absolute Gasteiger partial charge is 0.325 e. The van der Waals surface area contributed by atoms with Crippen molar-refractivity contribution in [1.29, 1.82) is 5.26 Å². The monoisotopic (exact) mass is 265 g/mol. The quantitative estimate of drug-likeness (QED) is 0.668. The summed E-state index contributed by atoms with van der Waals surface area (Å²) in [5.74, 6) is -1.62. The molecule has 0 aliphatic heterocycles. The molecule has 1 unspecified atom stereocenters. The molecule has 1 amide bonds. The Hall–Kier alpha value is -2.49. The van der Waals surface area contributed by atoms with Gasteiger partial charge >= 0.3 is 5.69 Å². The van der Waals surface area contributed by atoms with Gasteiger partial charge in [0.25, 0.3) is 0 Å². The SMILES string of the molecule is CCC(C)(C#N)C(=O)Nc1ccc([N+](=O)[O-])c(F)c1. The van der Waals surface area contributed by atoms with Gasteiger partial charge in [-0.1, -0.05) is 6.92 Å². The first-order chi connectivity index (χ1) is 8.84. The maximum Gasteiger partial charge on any atom is 0.304 e. The van der Waals surface area contributed by atoms with Crippen molar-refractivity contribution in [3.8, 4) is 6.07 Å². The van der Waals surface area contributed by atoms with Crippen LogP contribution in [0.5, 0.6) is 0 Å². The Labute approximate surface area is 109 Å². The fraction of sp³-hybridized carbons (Fsp3) is 0.333. The average Bonchev–Trinajstić information content (AvgIpc) is 2.37. The number of hydrogen-bond acceptors (Lipinski definition) is 4. The first kappa shape index (κ1) is 14.6. The minimum Gasteiger partial charge on any atom is -0.325 e. The number of nitro groups is 1. The van der Waals surface area contributed by atoms with Gasteiger partial charge in [0, 0.05) is 17.8 Å². The second-order valence-electron chi connectivity index (χ2n) is 4.17. The third kappa shape index (κ3) is 3.04. The lowest BCUT2D eigenvalue weighted by atomic mass is 9.88. The lowest BCUT2D eigenvalue weighted by Gasteiger charge is -2.18. The van der Waals surface area contributed by atoms with E-state index >= 15 is 0 Å². The predicted octanol–water partition coefficient (Wildman–Crippen LogP) is 2.61. The number of benzene rings is 1. The molecule has 0 fully saturated rings. The van der Waals surface area contributed by atoms with E-state index in [-0.39, 0.29) is 5.69 Å². The summed E-state index contributed by atoms with van der Waals surface area (Å²) in [4.78, 5) is 21.4. The summed E-state index contributed by atoms with van der Waals surface area (Å²) in [6.45, 7) is 3.14. The highest BCUT2D eigenvalue weighted by Crippen LogP contribution is 2.25. The summed E-state index contributed by atoms with van der Waals surface area (Å²) in [5.41, 5.74) is -1.82. The van der Waals surface area contributed by atoms with Gasteiger partial charge in [0.05, 0.1) is 11.0 Å². The molecule has 0 aliphatic carbocycles. The molecule has 6 nitrogen and oxygen atoms in total. The zero-order valence-corrected chi connectivity index (χ0v) is 10.4. The first-order valence-corrected chi connectivity index (χ1v) is 5.50. The topological polar surface area (TPSA) is 96.0 Å². The zero-order chi connectivity index (χ0) is 14.6. The number of anilines is 1. The van der Waals surface area contributed by atoms with Gasteiger partial charge in [-0.05, 0) is 19.4 Å². The number of nitrogens with one attached hydrogen (secondary N) is 1. The molecule has 0 heterocycles. The molecule has 1 N–H and O–H groups in total. The summed E-state index contributed by atoms with van der Waals surface area (Å²) < 4.78 is 13.4. The highest BCUT2D eigenvalue weighted by atomic mass is 19.1. The van der Waals surface area contributed by atoms with Crippen LogP contribution < -0.4 is 5.32 Å². The molecule has 1 aromatic rings. The van der Waals surface area contributed by atoms with Crippen molar-refractivity contribution in [2.45, 2.75) is 20.3 Å². The van der Waals surface area contributed by atoms with Crippen molar-refractivity contribution < 1.29 is 14.1 Å². The molecular weight excluding hydrogens is 253 g/mol. The van der Waals surface area contributed by atoms with Crippen molar-refractivity contribution in [3.05, 3.63) is 34.1 Å². The Balaban J connectivity index is 2.97. The van der Waals surface area contributed by atoms with E-state index in [1.54, 1.807) is 6.92 Å². The Morgan fingerprint density at radius 1 is 1.63 bits per heavy atom. The van der Waals surface area contributed by atoms with E-state index in [0.29, 0.717) is 6.42 Å². The molecule has 1 atom stereocenters. The number of carbonyl (C=O) groups is 1. The summed E-state index contributed by atoms with van der Waals surface area (Å²) in [7, 11) is 0. The molecule has 0 spiro atoms. The van der Waals surface area contributed by atoms with E-state index in [2.05, 4.69) is 5.32 Å². The van der Waals surface area contributed by atoms with E-state index in [9.17, 15) is 19.3 Å². The summed E-state index contributed by atoms with van der Waals surface area (Å²) in [6, 6.07) is 4.90. The standard InChI is InChI=1S/C12H12FN3O3/c1-3-12(2,7-14)11(17)15-8-4-5-10(16(18)19)9(13)6-8/h4-6H,3H2,1-2H3,(H,15,17). The smallest absolute Gasteiger partial charge is 0.304 e. The maximum absolute atomic E-state index is 13.4. The highest BCUT2D eigenvalue weighted by molar-refractivity contribution is 5.96. The van der Waals surface area contributed by atoms with Gasteiger partial charge in [0.2, 0.25) is 11.7 Å². The molecule has 0 radical (unpaired) electrons. The molecule has 1 rings (SSSR count). The van der Waals surface area contributed by atoms with Crippen molar-refractivity contribution in [1.82, 2.24) is 0 Å². The number of carbonyl (C=O) groups excluding carboxylic acids is 1. The van der Waals surface area contributed by atoms with Crippen molar-refractivity contribution >= 4 is 17.3 Å². The van der Waals surface area contributed by atoms with Gasteiger partial charge < -0.3 is 5.32 Å². The highest BCUT2D eigenvalue weighted by Gasteiger charge is 2.31. The second-order valence-corrected chi connectivity index (χ2v) is 4.17. The molecule has 0 aliphatic rings. The van der Waals surface area contributed by atoms with Crippen molar-refractivity contribution in [2.75, 3.05) is 5.32 Å². The van der Waals surface area contributed by atoms with E-state index in [0.717, 1.165) is 12.1 Å². The minimum atomic E-state index is -1.22. The normalized spacial score (nSPS) is 13.2. The molecule has 100 valence electrons. The lowest BCUT2D eigenvalue weighted by molar-refractivity contribution is -0.387. The number of halogens is 1. The van der Waals surface area contributed by atoms with Crippen LogP contribution in [-0.2, 0) is 4.79 Å². The van der Waals surface area contributed by atoms with Crippen LogP contribution in [0.4, 0.5) is 15.8 Å². The van der Waals surface area contributed by atoms with Crippen LogP contribution in [-0.4, -0.2) is 10.8 Å². The maximum atomic E-state index is 13.4. The number of amides is 1. The number of nitriles is 1. The Kier molecular flexibility index (Phi) is 4.17. The van der Waals surface area contributed by atoms with Crippen LogP contribution in [0, 0.1) is 32.7 Å². The minimum absolute atomic E-state index is 0.0722. The van der Waals surface area contributed by atoms with Crippen LogP contribution in [0.15, 0.2) is 18.2 Å². The van der Waals surface area contributed by atoms with Gasteiger partial charge in [0.15, 0.2) is 0 Å². The van der Waals surface area contributed by atoms with Gasteiger partial charge in [-0.3, -0.25) is 14.9 Å². The molecule has 0 saturated heterocycles. The Morgan fingerprint density at radius 3 is 2.68 bits per heavy atom. The number of hydrogen-bond donors (Lipinski definition) is 1. The van der Waals surface area contributed by atoms with Gasteiger partial charge in [-0.25, -0.2) is 0 Å². The Morgan fingerprint density at radius 2 is 2.26 bits per heavy atom. The number of nitro benzene ring substituents is 1. The average molecular weight is 265 g/mol. The zero-order valence-electron chi connectivity index (χ0n) is 10.4. The van der Waals surface area contributed by atoms with Crippen LogP contribution in [0.25, 0.3) is 0 Å². The molecule has 1 aromatic carbocycles. The van der Waals surface area contributed by atoms with Gasteiger partial charge in [-0.15, -0.1) is 0 Å². The summed E-state index contributed by atoms with van der Waals surface area (Å²) in [6.07, 6.45) is 0.296. The summed E-state index contributed by atoms with van der Waals surface area (Å²) in [5, 5.41) is 21.7. The van der Waals surface area contributed by atoms with Crippen molar-refractivity contribution in [3.63, 3.8) is 0 Å². The van der Waals surface area contributed by atoms with Gasteiger partial charge in [0.1, 0.15) is 5.41 Å². The van der Waals surface area contributed by atoms with E-state index < -0.39 is 27.8 Å². The van der Waals surface area contributed by atoms with Crippen LogP contribution >= 0.6 is 0 Å². The third-order valence-corrected chi connectivity index (χ3v) is 2.86. The van der Waals surface area contributed by atoms with E-state index in [4.69, 9.17) is 5.26 Å². The molecule has 7 heteroatoms. The number of rotatable bonds is 4. The molecule has 0 bridgehead atoms. The second kappa shape index (κ2) is 5.44. The van der Waals surface area contributed by atoms with Gasteiger partial charge in [-0.2, -0.15) is 9.65 Å². The van der Waals surface area contributed by atoms with Crippen LogP contribution in [0.1, 0.15) is 20.3 Å². The van der Waals surface area contributed by atoms with Crippen molar-refractivity contribution in [2.24, 2.45) is 5.41 Å². The first-order valence-electron chi connectivity index (χ1n) is 5.50. The van der Waals surface area contributed by atoms with E-state index in [1.165, 1.54) is 13.0 Å². The molecule has 19 heavy (non-hydrogen) atoms. The molecule has 0 saturated carbocycles. The van der Waals surface area contributed by atoms with Crippen LogP contribution in [0.2, 0.25) is 0 Å². The number of nitrogens with zero attached hydrogens (tertiary/aromatic N) is 2.